The third-order valence-electron chi connectivity index (χ3n) is 3.79. The highest BCUT2D eigenvalue weighted by molar-refractivity contribution is 6.09. The largest absolute Gasteiger partial charge is 0.299 e. The van der Waals surface area contributed by atoms with E-state index in [1.165, 1.54) is 17.5 Å². The first kappa shape index (κ1) is 10.7. The van der Waals surface area contributed by atoms with E-state index in [9.17, 15) is 9.59 Å². The number of benzene rings is 1. The lowest BCUT2D eigenvalue weighted by Gasteiger charge is -2.03. The van der Waals surface area contributed by atoms with E-state index in [0.29, 0.717) is 0 Å². The quantitative estimate of drug-likeness (QED) is 0.586. The molecule has 1 aromatic carbocycles. The van der Waals surface area contributed by atoms with Crippen molar-refractivity contribution in [2.45, 2.75) is 38.5 Å². The van der Waals surface area contributed by atoms with Crippen molar-refractivity contribution in [1.29, 1.82) is 0 Å². The Morgan fingerprint density at radius 3 is 2.65 bits per heavy atom. The van der Waals surface area contributed by atoms with Gasteiger partial charge in [0.05, 0.1) is 6.42 Å². The maximum absolute atomic E-state index is 12.0. The second kappa shape index (κ2) is 4.10. The van der Waals surface area contributed by atoms with E-state index in [4.69, 9.17) is 0 Å². The van der Waals surface area contributed by atoms with Gasteiger partial charge in [-0.3, -0.25) is 9.59 Å². The summed E-state index contributed by atoms with van der Waals surface area (Å²) in [5.41, 5.74) is 3.39. The number of rotatable bonds is 4. The standard InChI is InChI=1S/C15H16O2/c16-14(11-5-6-11)9-15(17)13-7-4-10-2-1-3-12(10)8-13/h4,7-8,11H,1-3,5-6,9H2. The molecule has 0 aromatic heterocycles. The molecule has 3 rings (SSSR count). The normalized spacial score (nSPS) is 17.9. The van der Waals surface area contributed by atoms with Crippen molar-refractivity contribution in [3.8, 4) is 0 Å². The lowest BCUT2D eigenvalue weighted by molar-refractivity contribution is -0.119. The third-order valence-corrected chi connectivity index (χ3v) is 3.79. The fraction of sp³-hybridized carbons (Fsp3) is 0.467. The van der Waals surface area contributed by atoms with E-state index in [-0.39, 0.29) is 23.9 Å². The monoisotopic (exact) mass is 228 g/mol. The van der Waals surface area contributed by atoms with Crippen LogP contribution in [0.2, 0.25) is 0 Å². The minimum absolute atomic E-state index is 0.00315. The second-order valence-corrected chi connectivity index (χ2v) is 5.18. The molecule has 0 amide bonds. The molecule has 0 bridgehead atoms. The summed E-state index contributed by atoms with van der Waals surface area (Å²) in [7, 11) is 0. The van der Waals surface area contributed by atoms with Gasteiger partial charge in [-0.1, -0.05) is 12.1 Å². The highest BCUT2D eigenvalue weighted by atomic mass is 16.1. The Labute approximate surface area is 101 Å². The number of carbonyl (C=O) groups excluding carboxylic acids is 2. The molecule has 0 N–H and O–H groups in total. The van der Waals surface area contributed by atoms with Crippen LogP contribution in [0.25, 0.3) is 0 Å². The van der Waals surface area contributed by atoms with Gasteiger partial charge in [0.25, 0.3) is 0 Å². The molecule has 2 aliphatic rings. The van der Waals surface area contributed by atoms with Crippen molar-refractivity contribution in [2.75, 3.05) is 0 Å². The Balaban J connectivity index is 1.74. The predicted molar refractivity (Wildman–Crippen MR) is 65.1 cm³/mol. The van der Waals surface area contributed by atoms with Crippen molar-refractivity contribution in [2.24, 2.45) is 5.92 Å². The molecule has 0 spiro atoms. The van der Waals surface area contributed by atoms with Gasteiger partial charge in [-0.15, -0.1) is 0 Å². The summed E-state index contributed by atoms with van der Waals surface area (Å²) in [6.45, 7) is 0. The van der Waals surface area contributed by atoms with Crippen molar-refractivity contribution < 1.29 is 9.59 Å². The van der Waals surface area contributed by atoms with E-state index >= 15 is 0 Å². The van der Waals surface area contributed by atoms with E-state index in [2.05, 4.69) is 6.07 Å². The topological polar surface area (TPSA) is 34.1 Å². The van der Waals surface area contributed by atoms with Crippen LogP contribution in [0.15, 0.2) is 18.2 Å². The number of carbonyl (C=O) groups is 2. The summed E-state index contributed by atoms with van der Waals surface area (Å²) >= 11 is 0. The van der Waals surface area contributed by atoms with Crippen LogP contribution in [0.3, 0.4) is 0 Å². The average Bonchev–Trinajstić information content (AvgIpc) is 3.07. The number of ketones is 2. The van der Waals surface area contributed by atoms with Crippen LogP contribution < -0.4 is 0 Å². The molecule has 0 aliphatic heterocycles. The fourth-order valence-corrected chi connectivity index (χ4v) is 2.56. The molecule has 1 aromatic rings. The summed E-state index contributed by atoms with van der Waals surface area (Å²) in [5.74, 6) is 0.320. The van der Waals surface area contributed by atoms with Crippen LogP contribution in [0.4, 0.5) is 0 Å². The van der Waals surface area contributed by atoms with Crippen LogP contribution in [-0.4, -0.2) is 11.6 Å². The molecular formula is C15H16O2. The molecule has 1 saturated carbocycles. The fourth-order valence-electron chi connectivity index (χ4n) is 2.56. The van der Waals surface area contributed by atoms with Crippen LogP contribution in [0, 0.1) is 5.92 Å². The number of aryl methyl sites for hydroxylation is 2. The van der Waals surface area contributed by atoms with Gasteiger partial charge >= 0.3 is 0 Å². The highest BCUT2D eigenvalue weighted by Gasteiger charge is 2.30. The number of hydrogen-bond donors (Lipinski definition) is 0. The molecule has 0 unspecified atom stereocenters. The van der Waals surface area contributed by atoms with Crippen LogP contribution in [-0.2, 0) is 17.6 Å². The maximum Gasteiger partial charge on any atom is 0.170 e. The molecular weight excluding hydrogens is 212 g/mol. The van der Waals surface area contributed by atoms with Gasteiger partial charge in [0.1, 0.15) is 5.78 Å². The smallest absolute Gasteiger partial charge is 0.170 e. The van der Waals surface area contributed by atoms with E-state index in [0.717, 1.165) is 31.2 Å². The Hall–Kier alpha value is -1.44. The molecule has 0 radical (unpaired) electrons. The van der Waals surface area contributed by atoms with Gasteiger partial charge < -0.3 is 0 Å². The van der Waals surface area contributed by atoms with E-state index < -0.39 is 0 Å². The molecule has 2 aliphatic carbocycles. The zero-order chi connectivity index (χ0) is 11.8. The molecule has 0 atom stereocenters. The zero-order valence-electron chi connectivity index (χ0n) is 9.87. The molecule has 0 heterocycles. The van der Waals surface area contributed by atoms with Crippen molar-refractivity contribution in [3.05, 3.63) is 34.9 Å². The maximum atomic E-state index is 12.0. The second-order valence-electron chi connectivity index (χ2n) is 5.18. The predicted octanol–water partition coefficient (Wildman–Crippen LogP) is 2.73. The molecule has 0 saturated heterocycles. The SMILES string of the molecule is O=C(CC(=O)C1CC1)c1ccc2c(c1)CCC2. The summed E-state index contributed by atoms with van der Waals surface area (Å²) in [6, 6.07) is 5.93. The zero-order valence-corrected chi connectivity index (χ0v) is 9.87. The number of hydrogen-bond acceptors (Lipinski definition) is 2. The number of fused-ring (bicyclic) bond motifs is 1. The van der Waals surface area contributed by atoms with Gasteiger partial charge in [0.15, 0.2) is 5.78 Å². The van der Waals surface area contributed by atoms with Crippen LogP contribution in [0.1, 0.15) is 47.2 Å². The third kappa shape index (κ3) is 2.17. The summed E-state index contributed by atoms with van der Waals surface area (Å²) in [6.07, 6.45) is 5.46. The molecule has 88 valence electrons. The molecule has 2 heteroatoms. The minimum Gasteiger partial charge on any atom is -0.299 e. The summed E-state index contributed by atoms with van der Waals surface area (Å²) in [5, 5.41) is 0. The van der Waals surface area contributed by atoms with Crippen LogP contribution >= 0.6 is 0 Å². The molecule has 17 heavy (non-hydrogen) atoms. The number of Topliss-reactive ketones (excluding diaryl/α,β-unsaturated/α-hetero) is 2. The lowest BCUT2D eigenvalue weighted by atomic mass is 10.00. The summed E-state index contributed by atoms with van der Waals surface area (Å²) < 4.78 is 0. The van der Waals surface area contributed by atoms with Crippen LogP contribution in [0.5, 0.6) is 0 Å². The first-order valence-corrected chi connectivity index (χ1v) is 6.42. The highest BCUT2D eigenvalue weighted by Crippen LogP contribution is 2.31. The first-order chi connectivity index (χ1) is 8.24. The Morgan fingerprint density at radius 1 is 1.12 bits per heavy atom. The Kier molecular flexibility index (Phi) is 2.58. The Morgan fingerprint density at radius 2 is 1.88 bits per heavy atom. The van der Waals surface area contributed by atoms with Crippen molar-refractivity contribution >= 4 is 11.6 Å². The lowest BCUT2D eigenvalue weighted by Crippen LogP contribution is -2.10. The van der Waals surface area contributed by atoms with Crippen molar-refractivity contribution in [3.63, 3.8) is 0 Å². The average molecular weight is 228 g/mol. The minimum atomic E-state index is -0.00315. The molecule has 1 fully saturated rings. The van der Waals surface area contributed by atoms with Gasteiger partial charge in [-0.2, -0.15) is 0 Å². The molecule has 2 nitrogen and oxygen atoms in total. The van der Waals surface area contributed by atoms with Gasteiger partial charge in [0.2, 0.25) is 0 Å². The Bertz CT molecular complexity index is 484. The van der Waals surface area contributed by atoms with Gasteiger partial charge in [0, 0.05) is 11.5 Å². The van der Waals surface area contributed by atoms with Crippen molar-refractivity contribution in [1.82, 2.24) is 0 Å². The van der Waals surface area contributed by atoms with E-state index in [1.54, 1.807) is 0 Å². The summed E-state index contributed by atoms with van der Waals surface area (Å²) in [4.78, 5) is 23.6. The van der Waals surface area contributed by atoms with Gasteiger partial charge in [-0.25, -0.2) is 0 Å². The van der Waals surface area contributed by atoms with Gasteiger partial charge in [-0.05, 0) is 49.3 Å². The van der Waals surface area contributed by atoms with E-state index in [1.807, 2.05) is 12.1 Å². The first-order valence-electron chi connectivity index (χ1n) is 6.42.